The van der Waals surface area contributed by atoms with Crippen LogP contribution in [0.15, 0.2) is 65.6 Å². The summed E-state index contributed by atoms with van der Waals surface area (Å²) in [5.41, 5.74) is 2.02. The molecule has 0 aliphatic carbocycles. The van der Waals surface area contributed by atoms with Gasteiger partial charge in [0.25, 0.3) is 0 Å². The van der Waals surface area contributed by atoms with E-state index < -0.39 is 33.1 Å². The number of hydrogen-bond acceptors (Lipinski definition) is 4. The van der Waals surface area contributed by atoms with Gasteiger partial charge in [0.15, 0.2) is 0 Å². The van der Waals surface area contributed by atoms with Crippen LogP contribution >= 0.6 is 0 Å². The van der Waals surface area contributed by atoms with E-state index in [9.17, 15) is 26.0 Å². The molecule has 1 saturated heterocycles. The Kier molecular flexibility index (Phi) is 9.28. The number of hydrogen-bond donors (Lipinski definition) is 1. The summed E-state index contributed by atoms with van der Waals surface area (Å²) in [6.45, 7) is 9.22. The topological polar surface area (TPSA) is 58.6 Å². The number of nitrogens with zero attached hydrogens (tertiary/aromatic N) is 1. The molecule has 41 heavy (non-hydrogen) atoms. The number of ether oxygens (including phenoxy) is 1. The Morgan fingerprint density at radius 3 is 2.20 bits per heavy atom. The van der Waals surface area contributed by atoms with Crippen LogP contribution in [0.3, 0.4) is 0 Å². The average Bonchev–Trinajstić information content (AvgIpc) is 2.86. The van der Waals surface area contributed by atoms with Crippen molar-refractivity contribution in [2.45, 2.75) is 76.4 Å². The molecule has 1 fully saturated rings. The molecule has 0 radical (unpaired) electrons. The zero-order valence-electron chi connectivity index (χ0n) is 23.7. The molecule has 0 bridgehead atoms. The third-order valence-corrected chi connectivity index (χ3v) is 8.66. The van der Waals surface area contributed by atoms with Gasteiger partial charge < -0.3 is 4.74 Å². The minimum Gasteiger partial charge on any atom is -0.373 e. The number of benzene rings is 3. The third-order valence-electron chi connectivity index (χ3n) is 6.84. The van der Waals surface area contributed by atoms with Crippen molar-refractivity contribution in [2.24, 2.45) is 0 Å². The van der Waals surface area contributed by atoms with Gasteiger partial charge >= 0.3 is 6.18 Å². The summed E-state index contributed by atoms with van der Waals surface area (Å²) in [6.07, 6.45) is -3.16. The molecular formula is C31H36F4N2O3S. The van der Waals surface area contributed by atoms with E-state index in [-0.39, 0.29) is 17.5 Å². The van der Waals surface area contributed by atoms with Crippen molar-refractivity contribution in [3.05, 3.63) is 88.7 Å². The fraction of sp³-hybridized carbons (Fsp3) is 0.419. The fourth-order valence-corrected chi connectivity index (χ4v) is 6.58. The number of aryl methyl sites for hydroxylation is 1. The third kappa shape index (κ3) is 8.61. The number of piperidine rings is 1. The lowest BCUT2D eigenvalue weighted by Gasteiger charge is -2.32. The first kappa shape index (κ1) is 31.2. The van der Waals surface area contributed by atoms with Gasteiger partial charge in [-0.05, 0) is 81.5 Å². The van der Waals surface area contributed by atoms with E-state index >= 15 is 0 Å². The highest BCUT2D eigenvalue weighted by Gasteiger charge is 2.32. The Bertz CT molecular complexity index is 1460. The highest BCUT2D eigenvalue weighted by atomic mass is 32.2. The number of halogens is 4. The molecular weight excluding hydrogens is 556 g/mol. The molecule has 10 heteroatoms. The van der Waals surface area contributed by atoms with E-state index in [0.717, 1.165) is 28.8 Å². The first-order valence-electron chi connectivity index (χ1n) is 13.5. The molecule has 1 heterocycles. The molecule has 0 saturated carbocycles. The summed E-state index contributed by atoms with van der Waals surface area (Å²) < 4.78 is 87.8. The monoisotopic (exact) mass is 592 g/mol. The minimum absolute atomic E-state index is 0.00108. The van der Waals surface area contributed by atoms with Gasteiger partial charge in [0.2, 0.25) is 10.0 Å². The van der Waals surface area contributed by atoms with E-state index in [4.69, 9.17) is 4.74 Å². The van der Waals surface area contributed by atoms with E-state index in [0.29, 0.717) is 49.7 Å². The SMILES string of the molecule is Cc1ccc(S(=O)(=O)NC(C)(C)C)c(-c2ccc(COC3CCN(Cc4cc(F)cc(C(F)(F)F)c4)CC3)cc2)c1. The molecule has 0 atom stereocenters. The molecule has 4 rings (SSSR count). The highest BCUT2D eigenvalue weighted by Crippen LogP contribution is 2.32. The average molecular weight is 593 g/mol. The Labute approximate surface area is 239 Å². The Balaban J connectivity index is 1.34. The van der Waals surface area contributed by atoms with Crippen molar-refractivity contribution in [2.75, 3.05) is 13.1 Å². The van der Waals surface area contributed by atoms with Crippen LogP contribution in [0, 0.1) is 12.7 Å². The molecule has 5 nitrogen and oxygen atoms in total. The van der Waals surface area contributed by atoms with Gasteiger partial charge in [0, 0.05) is 30.7 Å². The summed E-state index contributed by atoms with van der Waals surface area (Å²) >= 11 is 0. The summed E-state index contributed by atoms with van der Waals surface area (Å²) in [7, 11) is -3.73. The quantitative estimate of drug-likeness (QED) is 0.284. The van der Waals surface area contributed by atoms with Crippen LogP contribution in [0.4, 0.5) is 17.6 Å². The first-order valence-corrected chi connectivity index (χ1v) is 15.0. The maximum Gasteiger partial charge on any atom is 0.416 e. The molecule has 1 N–H and O–H groups in total. The van der Waals surface area contributed by atoms with Crippen LogP contribution in [0.5, 0.6) is 0 Å². The summed E-state index contributed by atoms with van der Waals surface area (Å²) in [6, 6.07) is 15.6. The van der Waals surface area contributed by atoms with Crippen molar-refractivity contribution in [1.29, 1.82) is 0 Å². The molecule has 1 aliphatic heterocycles. The number of rotatable bonds is 8. The number of likely N-dealkylation sites (tertiary alicyclic amines) is 1. The second-order valence-electron chi connectivity index (χ2n) is 11.7. The fourth-order valence-electron chi connectivity index (χ4n) is 4.95. The smallest absolute Gasteiger partial charge is 0.373 e. The number of sulfonamides is 1. The molecule has 0 unspecified atom stereocenters. The Hall–Kier alpha value is -2.79. The van der Waals surface area contributed by atoms with Gasteiger partial charge in [0.1, 0.15) is 5.82 Å². The summed E-state index contributed by atoms with van der Waals surface area (Å²) in [5, 5.41) is 0. The van der Waals surface area contributed by atoms with Crippen LogP contribution in [0.2, 0.25) is 0 Å². The van der Waals surface area contributed by atoms with Crippen molar-refractivity contribution in [1.82, 2.24) is 9.62 Å². The summed E-state index contributed by atoms with van der Waals surface area (Å²) in [4.78, 5) is 2.23. The van der Waals surface area contributed by atoms with E-state index in [1.54, 1.807) is 32.9 Å². The van der Waals surface area contributed by atoms with Gasteiger partial charge in [-0.2, -0.15) is 13.2 Å². The first-order chi connectivity index (χ1) is 19.1. The van der Waals surface area contributed by atoms with E-state index in [1.807, 2.05) is 42.2 Å². The minimum atomic E-state index is -4.58. The molecule has 3 aromatic rings. The molecule has 0 spiro atoms. The largest absolute Gasteiger partial charge is 0.416 e. The van der Waals surface area contributed by atoms with Gasteiger partial charge in [0.05, 0.1) is 23.2 Å². The maximum atomic E-state index is 13.7. The van der Waals surface area contributed by atoms with Gasteiger partial charge in [-0.15, -0.1) is 0 Å². The Morgan fingerprint density at radius 1 is 0.927 bits per heavy atom. The van der Waals surface area contributed by atoms with Crippen molar-refractivity contribution in [3.63, 3.8) is 0 Å². The van der Waals surface area contributed by atoms with Gasteiger partial charge in [-0.3, -0.25) is 4.90 Å². The zero-order valence-corrected chi connectivity index (χ0v) is 24.5. The predicted molar refractivity (Wildman–Crippen MR) is 151 cm³/mol. The van der Waals surface area contributed by atoms with Crippen LogP contribution in [-0.2, 0) is 34.1 Å². The van der Waals surface area contributed by atoms with Gasteiger partial charge in [-0.25, -0.2) is 17.5 Å². The van der Waals surface area contributed by atoms with Crippen LogP contribution in [0.1, 0.15) is 55.9 Å². The van der Waals surface area contributed by atoms with Crippen LogP contribution in [0.25, 0.3) is 11.1 Å². The van der Waals surface area contributed by atoms with Crippen molar-refractivity contribution in [3.8, 4) is 11.1 Å². The second kappa shape index (κ2) is 12.2. The van der Waals surface area contributed by atoms with Crippen LogP contribution in [-0.4, -0.2) is 38.1 Å². The highest BCUT2D eigenvalue weighted by molar-refractivity contribution is 7.89. The second-order valence-corrected chi connectivity index (χ2v) is 13.3. The number of nitrogens with one attached hydrogen (secondary N) is 1. The normalized spacial score (nSPS) is 15.8. The van der Waals surface area contributed by atoms with Crippen molar-refractivity contribution < 1.29 is 30.7 Å². The number of alkyl halides is 3. The van der Waals surface area contributed by atoms with Gasteiger partial charge in [-0.1, -0.05) is 42.0 Å². The standard InChI is InChI=1S/C31H36F4N2O3S/c1-21-5-10-29(41(38,39)36-30(2,3)4)28(15-21)24-8-6-22(7-9-24)20-40-27-11-13-37(14-12-27)19-23-16-25(31(33,34)35)18-26(32)17-23/h5-10,15-18,27,36H,11-14,19-20H2,1-4H3. The molecule has 0 amide bonds. The summed E-state index contributed by atoms with van der Waals surface area (Å²) in [5.74, 6) is -0.888. The van der Waals surface area contributed by atoms with E-state index in [2.05, 4.69) is 4.72 Å². The molecule has 1 aliphatic rings. The van der Waals surface area contributed by atoms with Crippen molar-refractivity contribution >= 4 is 10.0 Å². The lowest BCUT2D eigenvalue weighted by atomic mass is 10.0. The molecule has 222 valence electrons. The molecule has 3 aromatic carbocycles. The zero-order chi connectivity index (χ0) is 30.0. The van der Waals surface area contributed by atoms with Crippen LogP contribution < -0.4 is 4.72 Å². The lowest BCUT2D eigenvalue weighted by Crippen LogP contribution is -2.40. The predicted octanol–water partition coefficient (Wildman–Crippen LogP) is 7.08. The van der Waals surface area contributed by atoms with E-state index in [1.165, 1.54) is 0 Å². The molecule has 0 aromatic heterocycles. The Morgan fingerprint density at radius 2 is 1.59 bits per heavy atom. The lowest BCUT2D eigenvalue weighted by molar-refractivity contribution is -0.137. The maximum absolute atomic E-state index is 13.7.